The monoisotopic (exact) mass is 623 g/mol. The average molecular weight is 624 g/mol. The lowest BCUT2D eigenvalue weighted by Crippen LogP contribution is -2.32. The summed E-state index contributed by atoms with van der Waals surface area (Å²) in [5.41, 5.74) is 11.6. The Morgan fingerprint density at radius 1 is 0.739 bits per heavy atom. The molecular weight excluding hydrogens is 574 g/mol. The number of rotatable bonds is 9. The van der Waals surface area contributed by atoms with Crippen molar-refractivity contribution in [2.75, 3.05) is 19.6 Å². The molecule has 46 heavy (non-hydrogen) atoms. The van der Waals surface area contributed by atoms with Gasteiger partial charge >= 0.3 is 11.9 Å². The van der Waals surface area contributed by atoms with Gasteiger partial charge in [-0.2, -0.15) is 0 Å². The van der Waals surface area contributed by atoms with Crippen LogP contribution < -0.4 is 0 Å². The number of aryl methyl sites for hydroxylation is 2. The number of unbranched alkanes of at least 4 members (excludes halogenated alkanes) is 2. The van der Waals surface area contributed by atoms with E-state index in [9.17, 15) is 14.7 Å². The number of likely N-dealkylation sites (tertiary alicyclic amines) is 1. The molecule has 0 saturated carbocycles. The van der Waals surface area contributed by atoms with Crippen LogP contribution in [0.25, 0.3) is 5.57 Å². The van der Waals surface area contributed by atoms with Crippen molar-refractivity contribution >= 4 is 17.5 Å². The van der Waals surface area contributed by atoms with Crippen molar-refractivity contribution < 1.29 is 24.9 Å². The smallest absolute Gasteiger partial charge is 0.328 e. The van der Waals surface area contributed by atoms with E-state index in [1.807, 2.05) is 0 Å². The Balaban J connectivity index is 0.000000533. The highest BCUT2D eigenvalue weighted by atomic mass is 16.4. The van der Waals surface area contributed by atoms with Gasteiger partial charge in [-0.25, -0.2) is 9.59 Å². The second-order valence-electron chi connectivity index (χ2n) is 13.4. The molecule has 1 fully saturated rings. The summed E-state index contributed by atoms with van der Waals surface area (Å²) in [6.45, 7) is 10.2. The van der Waals surface area contributed by atoms with E-state index in [4.69, 9.17) is 10.2 Å². The lowest BCUT2D eigenvalue weighted by Gasteiger charge is -2.30. The number of carbonyl (C=O) groups is 2. The number of aliphatic hydroxyl groups is 1. The summed E-state index contributed by atoms with van der Waals surface area (Å²) in [6.07, 6.45) is 9.70. The fraction of sp³-hybridized carbons (Fsp3) is 0.400. The van der Waals surface area contributed by atoms with Crippen LogP contribution >= 0.6 is 0 Å². The molecule has 0 bridgehead atoms. The minimum absolute atomic E-state index is 0.153. The van der Waals surface area contributed by atoms with Gasteiger partial charge in [0.15, 0.2) is 0 Å². The van der Waals surface area contributed by atoms with Gasteiger partial charge in [-0.15, -0.1) is 0 Å². The van der Waals surface area contributed by atoms with E-state index in [0.29, 0.717) is 12.2 Å². The third-order valence-electron chi connectivity index (χ3n) is 9.03. The van der Waals surface area contributed by atoms with Gasteiger partial charge in [0.1, 0.15) is 0 Å². The number of carboxylic acids is 2. The van der Waals surface area contributed by atoms with Crippen molar-refractivity contribution in [3.8, 4) is 0 Å². The van der Waals surface area contributed by atoms with Crippen molar-refractivity contribution in [3.63, 3.8) is 0 Å². The van der Waals surface area contributed by atoms with Crippen molar-refractivity contribution in [2.45, 2.75) is 83.7 Å². The largest absolute Gasteiger partial charge is 0.478 e. The number of hydrogen-bond donors (Lipinski definition) is 3. The van der Waals surface area contributed by atoms with Crippen molar-refractivity contribution in [1.82, 2.24) is 4.90 Å². The third kappa shape index (κ3) is 10.0. The van der Waals surface area contributed by atoms with Crippen LogP contribution in [-0.4, -0.2) is 51.8 Å². The van der Waals surface area contributed by atoms with Crippen LogP contribution in [0.15, 0.2) is 90.5 Å². The molecule has 2 aliphatic rings. The number of aliphatic hydroxyl groups excluding tert-OH is 1. The van der Waals surface area contributed by atoms with Crippen LogP contribution in [0.1, 0.15) is 98.8 Å². The number of aliphatic carboxylic acids is 2. The first-order valence-electron chi connectivity index (χ1n) is 16.6. The Hall–Kier alpha value is -4.00. The van der Waals surface area contributed by atoms with E-state index in [2.05, 4.69) is 98.5 Å². The molecule has 1 unspecified atom stereocenters. The van der Waals surface area contributed by atoms with Crippen LogP contribution in [0.3, 0.4) is 0 Å². The highest BCUT2D eigenvalue weighted by Crippen LogP contribution is 2.38. The molecule has 1 saturated heterocycles. The standard InChI is InChI=1S/C36H45NO.C4H4O4/c1-36(2,3)31-20-18-29(19-21-31)34(38)15-5-4-10-24-37-25-22-30(23-26-37)35-32-13-8-6-11-27(32)16-17-28-12-7-9-14-33(28)35;5-3(6)1-2-4(7)8/h6-9,11-14,18-21,34,38H,4-5,10,15-17,22-26H2,1-3H3;1-2H,(H,5,6)(H,7,8)/b;2-1+. The van der Waals surface area contributed by atoms with Crippen molar-refractivity contribution in [2.24, 2.45) is 0 Å². The number of fused-ring (bicyclic) bond motifs is 2. The summed E-state index contributed by atoms with van der Waals surface area (Å²) in [7, 11) is 0. The fourth-order valence-electron chi connectivity index (χ4n) is 6.42. The van der Waals surface area contributed by atoms with Crippen LogP contribution in [0.5, 0.6) is 0 Å². The minimum Gasteiger partial charge on any atom is -0.478 e. The maximum Gasteiger partial charge on any atom is 0.328 e. The van der Waals surface area contributed by atoms with Gasteiger partial charge in [-0.05, 0) is 89.4 Å². The maximum absolute atomic E-state index is 10.7. The van der Waals surface area contributed by atoms with Crippen molar-refractivity contribution in [3.05, 3.63) is 124 Å². The van der Waals surface area contributed by atoms with E-state index in [1.165, 1.54) is 65.6 Å². The Kier molecular flexibility index (Phi) is 12.5. The molecule has 3 aromatic rings. The van der Waals surface area contributed by atoms with Crippen molar-refractivity contribution in [1.29, 1.82) is 0 Å². The van der Waals surface area contributed by atoms with E-state index in [0.717, 1.165) is 44.3 Å². The van der Waals surface area contributed by atoms with E-state index < -0.39 is 11.9 Å². The molecule has 1 heterocycles. The molecule has 1 atom stereocenters. The average Bonchev–Trinajstić information content (AvgIpc) is 3.21. The molecule has 3 N–H and O–H groups in total. The summed E-state index contributed by atoms with van der Waals surface area (Å²) in [5, 5.41) is 26.3. The molecule has 1 aliphatic heterocycles. The van der Waals surface area contributed by atoms with Crippen LogP contribution in [0.2, 0.25) is 0 Å². The molecular formula is C40H49NO5. The predicted octanol–water partition coefficient (Wildman–Crippen LogP) is 7.99. The summed E-state index contributed by atoms with van der Waals surface area (Å²) >= 11 is 0. The highest BCUT2D eigenvalue weighted by Gasteiger charge is 2.23. The topological polar surface area (TPSA) is 98.1 Å². The zero-order valence-corrected chi connectivity index (χ0v) is 27.5. The number of piperidine rings is 1. The molecule has 244 valence electrons. The SMILES string of the molecule is CC(C)(C)c1ccc(C(O)CCCCCN2CCC(=C3c4ccccc4CCc4ccccc43)CC2)cc1.O=C(O)/C=C/C(=O)O. The molecule has 0 aromatic heterocycles. The minimum atomic E-state index is -1.26. The first-order chi connectivity index (χ1) is 22.0. The summed E-state index contributed by atoms with van der Waals surface area (Å²) < 4.78 is 0. The third-order valence-corrected chi connectivity index (χ3v) is 9.03. The second kappa shape index (κ2) is 16.5. The molecule has 1 aliphatic carbocycles. The molecule has 3 aromatic carbocycles. The summed E-state index contributed by atoms with van der Waals surface area (Å²) in [5.74, 6) is -2.51. The van der Waals surface area contributed by atoms with Gasteiger partial charge in [0, 0.05) is 25.2 Å². The van der Waals surface area contributed by atoms with Gasteiger partial charge in [0.05, 0.1) is 6.10 Å². The molecule has 0 spiro atoms. The first kappa shape index (κ1) is 34.9. The zero-order chi connectivity index (χ0) is 33.1. The molecule has 5 rings (SSSR count). The fourth-order valence-corrected chi connectivity index (χ4v) is 6.42. The normalized spacial score (nSPS) is 15.7. The maximum atomic E-state index is 10.7. The predicted molar refractivity (Wildman–Crippen MR) is 185 cm³/mol. The second-order valence-corrected chi connectivity index (χ2v) is 13.4. The van der Waals surface area contributed by atoms with E-state index in [1.54, 1.807) is 5.57 Å². The summed E-state index contributed by atoms with van der Waals surface area (Å²) in [4.78, 5) is 21.8. The molecule has 0 radical (unpaired) electrons. The van der Waals surface area contributed by atoms with Gasteiger partial charge in [-0.3, -0.25) is 0 Å². The summed E-state index contributed by atoms with van der Waals surface area (Å²) in [6, 6.07) is 26.7. The zero-order valence-electron chi connectivity index (χ0n) is 27.5. The quantitative estimate of drug-likeness (QED) is 0.165. The Bertz CT molecular complexity index is 1450. The van der Waals surface area contributed by atoms with Crippen LogP contribution in [0, 0.1) is 0 Å². The van der Waals surface area contributed by atoms with Gasteiger partial charge in [0.25, 0.3) is 0 Å². The molecule has 0 amide bonds. The lowest BCUT2D eigenvalue weighted by molar-refractivity contribution is -0.134. The number of hydrogen-bond acceptors (Lipinski definition) is 4. The first-order valence-corrected chi connectivity index (χ1v) is 16.6. The van der Waals surface area contributed by atoms with Gasteiger partial charge in [0.2, 0.25) is 0 Å². The Labute approximate surface area is 274 Å². The van der Waals surface area contributed by atoms with Crippen LogP contribution in [-0.2, 0) is 27.8 Å². The van der Waals surface area contributed by atoms with E-state index >= 15 is 0 Å². The molecule has 6 heteroatoms. The van der Waals surface area contributed by atoms with Gasteiger partial charge in [-0.1, -0.05) is 112 Å². The number of nitrogens with zero attached hydrogens (tertiary/aromatic N) is 1. The van der Waals surface area contributed by atoms with E-state index in [-0.39, 0.29) is 11.5 Å². The number of benzene rings is 3. The van der Waals surface area contributed by atoms with Crippen LogP contribution in [0.4, 0.5) is 0 Å². The Morgan fingerprint density at radius 2 is 1.26 bits per heavy atom. The molecule has 6 nitrogen and oxygen atoms in total. The number of carboxylic acid groups (broad SMARTS) is 2. The Morgan fingerprint density at radius 3 is 1.76 bits per heavy atom. The lowest BCUT2D eigenvalue weighted by atomic mass is 9.86. The highest BCUT2D eigenvalue weighted by molar-refractivity contribution is 5.89. The van der Waals surface area contributed by atoms with Gasteiger partial charge < -0.3 is 20.2 Å².